The zero-order valence-corrected chi connectivity index (χ0v) is 17.4. The number of rotatable bonds is 3. The van der Waals surface area contributed by atoms with Gasteiger partial charge in [-0.3, -0.25) is 9.69 Å². The number of hydrogen-bond acceptors (Lipinski definition) is 2. The number of nitrogens with one attached hydrogen (secondary N) is 1. The third-order valence-electron chi connectivity index (χ3n) is 6.52. The summed E-state index contributed by atoms with van der Waals surface area (Å²) in [6, 6.07) is 15.8. The maximum absolute atomic E-state index is 11.3. The normalized spacial score (nSPS) is 19.0. The zero-order valence-electron chi connectivity index (χ0n) is 17.4. The van der Waals surface area contributed by atoms with Crippen molar-refractivity contribution >= 4 is 22.5 Å². The number of anilines is 1. The van der Waals surface area contributed by atoms with Crippen molar-refractivity contribution in [2.75, 3.05) is 11.9 Å². The summed E-state index contributed by atoms with van der Waals surface area (Å²) in [6.07, 6.45) is 4.90. The summed E-state index contributed by atoms with van der Waals surface area (Å²) >= 11 is 0. The third kappa shape index (κ3) is 3.36. The standard InChI is InChI=1S/C25H29N3O/c1-17-7-12-23-22(15-17)21-5-3-6-24-25(21)28(23)14-4-13-27(24)16-19-8-10-20(11-9-19)26-18(2)29/h7-12,15,24H,3-6,13-14,16H2,1-2H3,(H,26,29). The molecule has 29 heavy (non-hydrogen) atoms. The molecule has 0 bridgehead atoms. The molecule has 150 valence electrons. The molecular formula is C25H29N3O. The lowest BCUT2D eigenvalue weighted by molar-refractivity contribution is -0.114. The first-order valence-corrected chi connectivity index (χ1v) is 10.8. The van der Waals surface area contributed by atoms with E-state index in [-0.39, 0.29) is 5.91 Å². The van der Waals surface area contributed by atoms with Crippen LogP contribution in [0.15, 0.2) is 42.5 Å². The number of aromatic nitrogens is 1. The smallest absolute Gasteiger partial charge is 0.221 e. The quantitative estimate of drug-likeness (QED) is 0.671. The molecule has 1 unspecified atom stereocenters. The Labute approximate surface area is 172 Å². The predicted octanol–water partition coefficient (Wildman–Crippen LogP) is 5.19. The minimum Gasteiger partial charge on any atom is -0.343 e. The first kappa shape index (κ1) is 18.4. The van der Waals surface area contributed by atoms with Crippen LogP contribution in [0.2, 0.25) is 0 Å². The summed E-state index contributed by atoms with van der Waals surface area (Å²) in [6.45, 7) is 6.96. The summed E-state index contributed by atoms with van der Waals surface area (Å²) in [5.41, 5.74) is 8.12. The van der Waals surface area contributed by atoms with Crippen molar-refractivity contribution in [2.45, 2.75) is 58.7 Å². The molecule has 2 heterocycles. The molecule has 2 aromatic carbocycles. The maximum Gasteiger partial charge on any atom is 0.221 e. The van der Waals surface area contributed by atoms with Crippen LogP contribution >= 0.6 is 0 Å². The van der Waals surface area contributed by atoms with Gasteiger partial charge in [0, 0.05) is 48.8 Å². The number of benzene rings is 2. The van der Waals surface area contributed by atoms with Gasteiger partial charge < -0.3 is 9.88 Å². The van der Waals surface area contributed by atoms with E-state index in [4.69, 9.17) is 0 Å². The van der Waals surface area contributed by atoms with Crippen molar-refractivity contribution in [3.05, 3.63) is 64.8 Å². The highest BCUT2D eigenvalue weighted by molar-refractivity contribution is 5.88. The van der Waals surface area contributed by atoms with Gasteiger partial charge >= 0.3 is 0 Å². The fourth-order valence-corrected chi connectivity index (χ4v) is 5.31. The zero-order chi connectivity index (χ0) is 20.0. The summed E-state index contributed by atoms with van der Waals surface area (Å²) in [5.74, 6) is -0.0249. The second kappa shape index (κ2) is 7.34. The van der Waals surface area contributed by atoms with E-state index >= 15 is 0 Å². The number of carbonyl (C=O) groups is 1. The van der Waals surface area contributed by atoms with E-state index in [9.17, 15) is 4.79 Å². The Bertz CT molecular complexity index is 1060. The van der Waals surface area contributed by atoms with E-state index < -0.39 is 0 Å². The van der Waals surface area contributed by atoms with Gasteiger partial charge in [0.05, 0.1) is 6.04 Å². The topological polar surface area (TPSA) is 37.3 Å². The average Bonchev–Trinajstić information content (AvgIpc) is 2.89. The van der Waals surface area contributed by atoms with Crippen LogP contribution in [-0.2, 0) is 24.3 Å². The van der Waals surface area contributed by atoms with E-state index in [1.54, 1.807) is 18.2 Å². The molecule has 5 rings (SSSR count). The van der Waals surface area contributed by atoms with Gasteiger partial charge in [0.1, 0.15) is 0 Å². The van der Waals surface area contributed by atoms with Crippen LogP contribution < -0.4 is 5.32 Å². The van der Waals surface area contributed by atoms with E-state index in [1.807, 2.05) is 12.1 Å². The Morgan fingerprint density at radius 3 is 2.72 bits per heavy atom. The molecule has 1 amide bonds. The highest BCUT2D eigenvalue weighted by Crippen LogP contribution is 2.42. The molecule has 0 saturated heterocycles. The average molecular weight is 388 g/mol. The van der Waals surface area contributed by atoms with Crippen LogP contribution in [0.25, 0.3) is 10.9 Å². The lowest BCUT2D eigenvalue weighted by atomic mass is 9.90. The molecule has 0 fully saturated rings. The highest BCUT2D eigenvalue weighted by atomic mass is 16.1. The van der Waals surface area contributed by atoms with Gasteiger partial charge in [-0.05, 0) is 68.0 Å². The minimum absolute atomic E-state index is 0.0249. The number of amides is 1. The van der Waals surface area contributed by atoms with Crippen molar-refractivity contribution in [1.29, 1.82) is 0 Å². The number of aryl methyl sites for hydroxylation is 3. The monoisotopic (exact) mass is 387 g/mol. The molecule has 1 aromatic heterocycles. The third-order valence-corrected chi connectivity index (χ3v) is 6.52. The van der Waals surface area contributed by atoms with E-state index in [2.05, 4.69) is 52.0 Å². The Kier molecular flexibility index (Phi) is 4.67. The SMILES string of the molecule is CC(=O)Nc1ccc(CN2CCCn3c4c(c5cc(C)ccc53)CCCC42)cc1. The fourth-order valence-electron chi connectivity index (χ4n) is 5.31. The molecule has 0 saturated carbocycles. The maximum atomic E-state index is 11.3. The molecule has 4 nitrogen and oxygen atoms in total. The molecule has 1 N–H and O–H groups in total. The molecule has 0 spiro atoms. The van der Waals surface area contributed by atoms with Crippen molar-refractivity contribution in [2.24, 2.45) is 0 Å². The molecule has 2 aliphatic rings. The van der Waals surface area contributed by atoms with Gasteiger partial charge in [0.2, 0.25) is 5.91 Å². The van der Waals surface area contributed by atoms with E-state index in [1.165, 1.54) is 47.7 Å². The Balaban J connectivity index is 1.48. The molecule has 1 atom stereocenters. The Morgan fingerprint density at radius 2 is 1.93 bits per heavy atom. The first-order chi connectivity index (χ1) is 14.1. The fraction of sp³-hybridized carbons (Fsp3) is 0.400. The van der Waals surface area contributed by atoms with Crippen molar-refractivity contribution in [3.8, 4) is 0 Å². The van der Waals surface area contributed by atoms with Gasteiger partial charge in [0.15, 0.2) is 0 Å². The van der Waals surface area contributed by atoms with Crippen LogP contribution in [0.3, 0.4) is 0 Å². The summed E-state index contributed by atoms with van der Waals surface area (Å²) in [4.78, 5) is 13.9. The number of fused-ring (bicyclic) bond motifs is 3. The van der Waals surface area contributed by atoms with Gasteiger partial charge in [-0.1, -0.05) is 23.8 Å². The number of carbonyl (C=O) groups excluding carboxylic acids is 1. The van der Waals surface area contributed by atoms with Crippen LogP contribution in [0, 0.1) is 6.92 Å². The van der Waals surface area contributed by atoms with Crippen LogP contribution in [0.5, 0.6) is 0 Å². The first-order valence-electron chi connectivity index (χ1n) is 10.8. The largest absolute Gasteiger partial charge is 0.343 e. The van der Waals surface area contributed by atoms with Gasteiger partial charge in [-0.15, -0.1) is 0 Å². The van der Waals surface area contributed by atoms with Crippen molar-refractivity contribution in [3.63, 3.8) is 0 Å². The van der Waals surface area contributed by atoms with Gasteiger partial charge in [-0.2, -0.15) is 0 Å². The number of nitrogens with zero attached hydrogens (tertiary/aromatic N) is 2. The van der Waals surface area contributed by atoms with Gasteiger partial charge in [-0.25, -0.2) is 0 Å². The van der Waals surface area contributed by atoms with Gasteiger partial charge in [0.25, 0.3) is 0 Å². The summed E-state index contributed by atoms with van der Waals surface area (Å²) in [7, 11) is 0. The molecule has 1 aliphatic heterocycles. The van der Waals surface area contributed by atoms with Crippen LogP contribution in [-0.4, -0.2) is 21.9 Å². The van der Waals surface area contributed by atoms with E-state index in [0.29, 0.717) is 6.04 Å². The molecule has 0 radical (unpaired) electrons. The molecule has 1 aliphatic carbocycles. The predicted molar refractivity (Wildman–Crippen MR) is 118 cm³/mol. The number of hydrogen-bond donors (Lipinski definition) is 1. The minimum atomic E-state index is -0.0249. The highest BCUT2D eigenvalue weighted by Gasteiger charge is 2.33. The second-order valence-corrected chi connectivity index (χ2v) is 8.65. The van der Waals surface area contributed by atoms with Crippen LogP contribution in [0.1, 0.15) is 54.6 Å². The lowest BCUT2D eigenvalue weighted by Gasteiger charge is -2.33. The molecule has 4 heteroatoms. The molecule has 3 aromatic rings. The Hall–Kier alpha value is -2.59. The second-order valence-electron chi connectivity index (χ2n) is 8.65. The van der Waals surface area contributed by atoms with Crippen molar-refractivity contribution < 1.29 is 4.79 Å². The summed E-state index contributed by atoms with van der Waals surface area (Å²) < 4.78 is 2.62. The van der Waals surface area contributed by atoms with Crippen molar-refractivity contribution in [1.82, 2.24) is 9.47 Å². The van der Waals surface area contributed by atoms with E-state index in [0.717, 1.165) is 25.3 Å². The summed E-state index contributed by atoms with van der Waals surface area (Å²) in [5, 5.41) is 4.34. The molecular weight excluding hydrogens is 358 g/mol. The Morgan fingerprint density at radius 1 is 1.10 bits per heavy atom. The lowest BCUT2D eigenvalue weighted by Crippen LogP contribution is -2.31. The van der Waals surface area contributed by atoms with Crippen LogP contribution in [0.4, 0.5) is 5.69 Å².